The van der Waals surface area contributed by atoms with Crippen molar-refractivity contribution >= 4 is 9.28 Å². The van der Waals surface area contributed by atoms with Gasteiger partial charge in [0, 0.05) is 34.0 Å². The predicted octanol–water partition coefficient (Wildman–Crippen LogP) is 2.13. The van der Waals surface area contributed by atoms with Crippen LogP contribution in [0.3, 0.4) is 0 Å². The summed E-state index contributed by atoms with van der Waals surface area (Å²) in [6.07, 6.45) is 3.08. The molecule has 0 saturated carbocycles. The number of ether oxygens (including phenoxy) is 3. The molecule has 6 heteroatoms. The Labute approximate surface area is 125 Å². The van der Waals surface area contributed by atoms with Crippen LogP contribution in [0, 0.1) is 0 Å². The molecule has 0 N–H and O–H groups in total. The third-order valence-electron chi connectivity index (χ3n) is 2.73. The van der Waals surface area contributed by atoms with Crippen molar-refractivity contribution in [1.29, 1.82) is 0 Å². The normalized spacial score (nSPS) is 13.1. The molecule has 122 valence electrons. The highest BCUT2D eigenvalue weighted by atomic mass is 28.3. The van der Waals surface area contributed by atoms with Crippen molar-refractivity contribution in [3.63, 3.8) is 0 Å². The Balaban J connectivity index is 3.64. The van der Waals surface area contributed by atoms with Crippen LogP contribution >= 0.6 is 0 Å². The Morgan fingerprint density at radius 2 is 1.55 bits per heavy atom. The fourth-order valence-corrected chi connectivity index (χ4v) is 3.58. The molecule has 0 aromatic heterocycles. The highest BCUT2D eigenvalue weighted by Crippen LogP contribution is 2.04. The van der Waals surface area contributed by atoms with E-state index in [1.807, 2.05) is 0 Å². The van der Waals surface area contributed by atoms with Gasteiger partial charge in [-0.05, 0) is 25.3 Å². The summed E-state index contributed by atoms with van der Waals surface area (Å²) in [7, 11) is 1.85. The Bertz CT molecular complexity index is 186. The molecule has 0 aromatic carbocycles. The molecule has 0 heterocycles. The lowest BCUT2D eigenvalue weighted by molar-refractivity contribution is -0.0303. The van der Waals surface area contributed by atoms with Crippen molar-refractivity contribution in [2.45, 2.75) is 45.3 Å². The molecule has 0 aliphatic carbocycles. The summed E-state index contributed by atoms with van der Waals surface area (Å²) in [5.74, 6) is 0. The van der Waals surface area contributed by atoms with Crippen LogP contribution in [0.4, 0.5) is 0 Å². The largest absolute Gasteiger partial charge is 0.397 e. The predicted molar refractivity (Wildman–Crippen MR) is 82.6 cm³/mol. The highest BCUT2D eigenvalue weighted by molar-refractivity contribution is 6.44. The van der Waals surface area contributed by atoms with Gasteiger partial charge in [-0.3, -0.25) is 0 Å². The number of methoxy groups -OCH3 is 2. The molecule has 0 fully saturated rings. The molecular formula is C14H32O5Si. The van der Waals surface area contributed by atoms with E-state index in [4.69, 9.17) is 23.1 Å². The van der Waals surface area contributed by atoms with Crippen LogP contribution in [0.2, 0.25) is 6.04 Å². The van der Waals surface area contributed by atoms with Crippen molar-refractivity contribution in [1.82, 2.24) is 0 Å². The first-order chi connectivity index (χ1) is 9.78. The Hall–Kier alpha value is 0.0169. The van der Waals surface area contributed by atoms with E-state index in [1.165, 1.54) is 0 Å². The topological polar surface area (TPSA) is 46.2 Å². The van der Waals surface area contributed by atoms with E-state index < -0.39 is 9.28 Å². The summed E-state index contributed by atoms with van der Waals surface area (Å²) in [5, 5.41) is 0. The van der Waals surface area contributed by atoms with Gasteiger partial charge in [0.25, 0.3) is 0 Å². The SMILES string of the molecule is CCCO[SiH](CCCOCC(COC)OC)OCCC. The van der Waals surface area contributed by atoms with Gasteiger partial charge in [0.1, 0.15) is 6.10 Å². The molecule has 1 atom stereocenters. The zero-order chi connectivity index (χ0) is 15.1. The second-order valence-electron chi connectivity index (χ2n) is 4.70. The molecule has 0 radical (unpaired) electrons. The molecule has 0 rings (SSSR count). The van der Waals surface area contributed by atoms with Crippen LogP contribution in [0.25, 0.3) is 0 Å². The second-order valence-corrected chi connectivity index (χ2v) is 6.80. The zero-order valence-corrected chi connectivity index (χ0v) is 14.7. The molecule has 0 aliphatic heterocycles. The van der Waals surface area contributed by atoms with Crippen LogP contribution in [-0.2, 0) is 23.1 Å². The van der Waals surface area contributed by atoms with Gasteiger partial charge in [-0.2, -0.15) is 0 Å². The fraction of sp³-hybridized carbons (Fsp3) is 1.00. The molecule has 0 bridgehead atoms. The highest BCUT2D eigenvalue weighted by Gasteiger charge is 2.13. The van der Waals surface area contributed by atoms with Crippen molar-refractivity contribution in [2.75, 3.05) is 47.3 Å². The number of rotatable bonds is 15. The molecule has 0 amide bonds. The first kappa shape index (κ1) is 20.0. The molecule has 5 nitrogen and oxygen atoms in total. The minimum Gasteiger partial charge on any atom is -0.397 e. The molecule has 0 aromatic rings. The van der Waals surface area contributed by atoms with E-state index in [2.05, 4.69) is 13.8 Å². The van der Waals surface area contributed by atoms with Gasteiger partial charge < -0.3 is 23.1 Å². The van der Waals surface area contributed by atoms with Crippen LogP contribution in [0.1, 0.15) is 33.1 Å². The first-order valence-corrected chi connectivity index (χ1v) is 9.37. The van der Waals surface area contributed by atoms with Gasteiger partial charge in [-0.15, -0.1) is 0 Å². The molecule has 0 saturated heterocycles. The lowest BCUT2D eigenvalue weighted by atomic mass is 10.4. The molecule has 0 spiro atoms. The average Bonchev–Trinajstić information content (AvgIpc) is 2.47. The van der Waals surface area contributed by atoms with Gasteiger partial charge in [0.05, 0.1) is 13.2 Å². The summed E-state index contributed by atoms with van der Waals surface area (Å²) >= 11 is 0. The molecule has 20 heavy (non-hydrogen) atoms. The van der Waals surface area contributed by atoms with E-state index in [1.54, 1.807) is 14.2 Å². The third kappa shape index (κ3) is 11.8. The van der Waals surface area contributed by atoms with Crippen molar-refractivity contribution in [3.8, 4) is 0 Å². The van der Waals surface area contributed by atoms with E-state index in [0.717, 1.165) is 45.1 Å². The van der Waals surface area contributed by atoms with Crippen molar-refractivity contribution in [2.24, 2.45) is 0 Å². The maximum Gasteiger partial charge on any atom is 0.321 e. The quantitative estimate of drug-likeness (QED) is 0.342. The van der Waals surface area contributed by atoms with Crippen molar-refractivity contribution in [3.05, 3.63) is 0 Å². The van der Waals surface area contributed by atoms with Crippen LogP contribution < -0.4 is 0 Å². The number of hydrogen-bond donors (Lipinski definition) is 0. The standard InChI is InChI=1S/C14H32O5Si/c1-5-8-18-20(19-9-6-2)11-7-10-17-13-14(16-4)12-15-3/h14,20H,5-13H2,1-4H3. The van der Waals surface area contributed by atoms with Gasteiger partial charge in [0.2, 0.25) is 0 Å². The monoisotopic (exact) mass is 308 g/mol. The van der Waals surface area contributed by atoms with Gasteiger partial charge >= 0.3 is 9.28 Å². The van der Waals surface area contributed by atoms with E-state index >= 15 is 0 Å². The third-order valence-corrected chi connectivity index (χ3v) is 4.83. The summed E-state index contributed by atoms with van der Waals surface area (Å²) in [5.41, 5.74) is 0. The first-order valence-electron chi connectivity index (χ1n) is 7.61. The molecule has 0 aliphatic rings. The minimum absolute atomic E-state index is 0.0146. The average molecular weight is 308 g/mol. The van der Waals surface area contributed by atoms with E-state index in [-0.39, 0.29) is 6.10 Å². The number of hydrogen-bond acceptors (Lipinski definition) is 5. The fourth-order valence-electron chi connectivity index (χ4n) is 1.65. The Morgan fingerprint density at radius 3 is 2.05 bits per heavy atom. The van der Waals surface area contributed by atoms with Gasteiger partial charge in [-0.25, -0.2) is 0 Å². The summed E-state index contributed by atoms with van der Waals surface area (Å²) < 4.78 is 27.5. The van der Waals surface area contributed by atoms with E-state index in [0.29, 0.717) is 13.2 Å². The van der Waals surface area contributed by atoms with E-state index in [9.17, 15) is 0 Å². The Morgan fingerprint density at radius 1 is 0.900 bits per heavy atom. The minimum atomic E-state index is -1.49. The lowest BCUT2D eigenvalue weighted by Gasteiger charge is -2.17. The zero-order valence-electron chi connectivity index (χ0n) is 13.6. The van der Waals surface area contributed by atoms with Crippen LogP contribution in [0.15, 0.2) is 0 Å². The van der Waals surface area contributed by atoms with Crippen LogP contribution in [-0.4, -0.2) is 62.6 Å². The smallest absolute Gasteiger partial charge is 0.321 e. The molecular weight excluding hydrogens is 276 g/mol. The van der Waals surface area contributed by atoms with Gasteiger partial charge in [-0.1, -0.05) is 13.8 Å². The van der Waals surface area contributed by atoms with Gasteiger partial charge in [0.15, 0.2) is 0 Å². The summed E-state index contributed by atoms with van der Waals surface area (Å²) in [6, 6.07) is 1.00. The second kappa shape index (κ2) is 15.4. The summed E-state index contributed by atoms with van der Waals surface area (Å²) in [6.45, 7) is 7.71. The van der Waals surface area contributed by atoms with Crippen molar-refractivity contribution < 1.29 is 23.1 Å². The summed E-state index contributed by atoms with van der Waals surface area (Å²) in [4.78, 5) is 0. The maximum absolute atomic E-state index is 5.80. The maximum atomic E-state index is 5.80. The lowest BCUT2D eigenvalue weighted by Crippen LogP contribution is -2.26. The molecule has 1 unspecified atom stereocenters. The van der Waals surface area contributed by atoms with Crippen LogP contribution in [0.5, 0.6) is 0 Å². The Kier molecular flexibility index (Phi) is 15.4.